The maximum Gasteiger partial charge on any atom is 0.225 e. The number of aromatic nitrogens is 5. The van der Waals surface area contributed by atoms with Gasteiger partial charge in [-0.25, -0.2) is 19.6 Å². The highest BCUT2D eigenvalue weighted by molar-refractivity contribution is 5.86. The number of anilines is 2. The molecule has 0 aliphatic carbocycles. The summed E-state index contributed by atoms with van der Waals surface area (Å²) in [5.74, 6) is 1.70. The highest BCUT2D eigenvalue weighted by Gasteiger charge is 2.24. The molecule has 0 spiro atoms. The molecule has 7 nitrogen and oxygen atoms in total. The fourth-order valence-corrected chi connectivity index (χ4v) is 3.25. The monoisotopic (exact) mass is 309 g/mol. The molecule has 23 heavy (non-hydrogen) atoms. The minimum atomic E-state index is 0.369. The second-order valence-corrected chi connectivity index (χ2v) is 5.95. The summed E-state index contributed by atoms with van der Waals surface area (Å²) >= 11 is 0. The van der Waals surface area contributed by atoms with E-state index in [1.807, 2.05) is 19.2 Å². The van der Waals surface area contributed by atoms with E-state index < -0.39 is 0 Å². The van der Waals surface area contributed by atoms with E-state index in [4.69, 9.17) is 10.7 Å². The van der Waals surface area contributed by atoms with E-state index in [0.29, 0.717) is 11.7 Å². The van der Waals surface area contributed by atoms with Crippen molar-refractivity contribution in [2.45, 2.75) is 18.8 Å². The molecular formula is C16H19N7. The van der Waals surface area contributed by atoms with Crippen molar-refractivity contribution in [1.82, 2.24) is 24.7 Å². The average Bonchev–Trinajstić information content (AvgIpc) is 2.90. The molecule has 4 heterocycles. The SMILES string of the molecule is Cn1nc(N)c2ccc([C@@H]3CCCN(c4ncccn4)C3)nc21. The van der Waals surface area contributed by atoms with E-state index in [2.05, 4.69) is 26.0 Å². The number of nitrogens with zero attached hydrogens (tertiary/aromatic N) is 6. The van der Waals surface area contributed by atoms with Gasteiger partial charge < -0.3 is 10.6 Å². The number of nitrogens with two attached hydrogens (primary N) is 1. The molecule has 0 unspecified atom stereocenters. The van der Waals surface area contributed by atoms with Crippen LogP contribution < -0.4 is 10.6 Å². The number of pyridine rings is 1. The van der Waals surface area contributed by atoms with Gasteiger partial charge in [0.25, 0.3) is 0 Å². The Morgan fingerprint density at radius 1 is 1.22 bits per heavy atom. The van der Waals surface area contributed by atoms with Crippen LogP contribution in [0, 0.1) is 0 Å². The van der Waals surface area contributed by atoms with Gasteiger partial charge in [-0.15, -0.1) is 0 Å². The zero-order valence-corrected chi connectivity index (χ0v) is 13.1. The largest absolute Gasteiger partial charge is 0.382 e. The van der Waals surface area contributed by atoms with Gasteiger partial charge >= 0.3 is 0 Å². The van der Waals surface area contributed by atoms with Gasteiger partial charge in [0, 0.05) is 44.1 Å². The van der Waals surface area contributed by atoms with Crippen molar-refractivity contribution < 1.29 is 0 Å². The van der Waals surface area contributed by atoms with Gasteiger partial charge in [-0.05, 0) is 31.0 Å². The molecule has 1 fully saturated rings. The van der Waals surface area contributed by atoms with Crippen molar-refractivity contribution in [3.05, 3.63) is 36.3 Å². The number of hydrogen-bond donors (Lipinski definition) is 1. The topological polar surface area (TPSA) is 85.8 Å². The minimum absolute atomic E-state index is 0.369. The Hall–Kier alpha value is -2.70. The summed E-state index contributed by atoms with van der Waals surface area (Å²) in [6.45, 7) is 1.87. The Morgan fingerprint density at radius 2 is 2.04 bits per heavy atom. The van der Waals surface area contributed by atoms with Gasteiger partial charge in [0.05, 0.1) is 5.39 Å². The molecule has 7 heteroatoms. The van der Waals surface area contributed by atoms with E-state index >= 15 is 0 Å². The minimum Gasteiger partial charge on any atom is -0.382 e. The van der Waals surface area contributed by atoms with E-state index in [9.17, 15) is 0 Å². The summed E-state index contributed by atoms with van der Waals surface area (Å²) in [5.41, 5.74) is 7.83. The summed E-state index contributed by atoms with van der Waals surface area (Å²) < 4.78 is 1.75. The van der Waals surface area contributed by atoms with Crippen LogP contribution in [0.3, 0.4) is 0 Å². The van der Waals surface area contributed by atoms with Gasteiger partial charge in [0.1, 0.15) is 0 Å². The fourth-order valence-electron chi connectivity index (χ4n) is 3.25. The normalized spacial score (nSPS) is 18.5. The van der Waals surface area contributed by atoms with Crippen LogP contribution in [0.15, 0.2) is 30.6 Å². The number of piperidine rings is 1. The maximum absolute atomic E-state index is 5.91. The van der Waals surface area contributed by atoms with Crippen LogP contribution in [0.4, 0.5) is 11.8 Å². The number of nitrogen functional groups attached to an aromatic ring is 1. The lowest BCUT2D eigenvalue weighted by Crippen LogP contribution is -2.35. The first-order valence-corrected chi connectivity index (χ1v) is 7.83. The van der Waals surface area contributed by atoms with E-state index in [0.717, 1.165) is 48.6 Å². The molecule has 3 aromatic rings. The molecule has 2 N–H and O–H groups in total. The molecule has 0 bridgehead atoms. The quantitative estimate of drug-likeness (QED) is 0.776. The predicted molar refractivity (Wildman–Crippen MR) is 89.1 cm³/mol. The van der Waals surface area contributed by atoms with Crippen LogP contribution in [-0.2, 0) is 7.05 Å². The van der Waals surface area contributed by atoms with E-state index in [-0.39, 0.29) is 0 Å². The lowest BCUT2D eigenvalue weighted by atomic mass is 9.94. The van der Waals surface area contributed by atoms with E-state index in [1.54, 1.807) is 17.1 Å². The third-order valence-corrected chi connectivity index (χ3v) is 4.41. The Bertz CT molecular complexity index is 827. The van der Waals surface area contributed by atoms with Gasteiger partial charge in [-0.1, -0.05) is 0 Å². The molecule has 0 amide bonds. The summed E-state index contributed by atoms with van der Waals surface area (Å²) in [7, 11) is 1.88. The molecular weight excluding hydrogens is 290 g/mol. The van der Waals surface area contributed by atoms with Gasteiger partial charge in [-0.2, -0.15) is 5.10 Å². The third kappa shape index (κ3) is 2.48. The first-order chi connectivity index (χ1) is 11.2. The molecule has 0 radical (unpaired) electrons. The molecule has 1 aliphatic rings. The Kier molecular flexibility index (Phi) is 3.33. The van der Waals surface area contributed by atoms with Crippen LogP contribution in [0.2, 0.25) is 0 Å². The molecule has 1 atom stereocenters. The summed E-state index contributed by atoms with van der Waals surface area (Å²) in [6.07, 6.45) is 5.80. The van der Waals surface area contributed by atoms with Crippen molar-refractivity contribution in [2.75, 3.05) is 23.7 Å². The molecule has 4 rings (SSSR count). The zero-order chi connectivity index (χ0) is 15.8. The molecule has 3 aromatic heterocycles. The number of fused-ring (bicyclic) bond motifs is 1. The van der Waals surface area contributed by atoms with Crippen molar-refractivity contribution >= 4 is 22.8 Å². The standard InChI is InChI=1S/C16H19N7/c1-22-15-12(14(17)21-22)5-6-13(20-15)11-4-2-9-23(10-11)16-18-7-3-8-19-16/h3,5-8,11H,2,4,9-10H2,1H3,(H2,17,21)/t11-/m1/s1. The first-order valence-electron chi connectivity index (χ1n) is 7.83. The Balaban J connectivity index is 1.63. The van der Waals surface area contributed by atoms with Crippen LogP contribution in [-0.4, -0.2) is 37.8 Å². The molecule has 118 valence electrons. The zero-order valence-electron chi connectivity index (χ0n) is 13.1. The summed E-state index contributed by atoms with van der Waals surface area (Å²) in [4.78, 5) is 15.8. The number of aryl methyl sites for hydroxylation is 1. The van der Waals surface area contributed by atoms with E-state index in [1.165, 1.54) is 0 Å². The van der Waals surface area contributed by atoms with Crippen molar-refractivity contribution in [2.24, 2.45) is 7.05 Å². The van der Waals surface area contributed by atoms with Crippen LogP contribution in [0.1, 0.15) is 24.5 Å². The lowest BCUT2D eigenvalue weighted by molar-refractivity contribution is 0.496. The maximum atomic E-state index is 5.91. The number of rotatable bonds is 2. The second kappa shape index (κ2) is 5.49. The number of hydrogen-bond acceptors (Lipinski definition) is 6. The predicted octanol–water partition coefficient (Wildman–Crippen LogP) is 1.72. The van der Waals surface area contributed by atoms with Crippen molar-refractivity contribution in [3.8, 4) is 0 Å². The lowest BCUT2D eigenvalue weighted by Gasteiger charge is -2.32. The average molecular weight is 309 g/mol. The van der Waals surface area contributed by atoms with Gasteiger partial charge in [0.15, 0.2) is 11.5 Å². The van der Waals surface area contributed by atoms with Crippen LogP contribution >= 0.6 is 0 Å². The second-order valence-electron chi connectivity index (χ2n) is 5.95. The molecule has 1 aliphatic heterocycles. The van der Waals surface area contributed by atoms with Crippen molar-refractivity contribution in [1.29, 1.82) is 0 Å². The Morgan fingerprint density at radius 3 is 2.87 bits per heavy atom. The molecule has 1 saturated heterocycles. The molecule has 0 saturated carbocycles. The van der Waals surface area contributed by atoms with Crippen LogP contribution in [0.25, 0.3) is 11.0 Å². The van der Waals surface area contributed by atoms with Gasteiger partial charge in [0.2, 0.25) is 5.95 Å². The van der Waals surface area contributed by atoms with Gasteiger partial charge in [-0.3, -0.25) is 0 Å². The summed E-state index contributed by atoms with van der Waals surface area (Å²) in [5, 5.41) is 5.15. The van der Waals surface area contributed by atoms with Crippen molar-refractivity contribution in [3.63, 3.8) is 0 Å². The third-order valence-electron chi connectivity index (χ3n) is 4.41. The molecule has 0 aromatic carbocycles. The Labute approximate surface area is 134 Å². The van der Waals surface area contributed by atoms with Crippen LogP contribution in [0.5, 0.6) is 0 Å². The highest BCUT2D eigenvalue weighted by atomic mass is 15.3. The fraction of sp³-hybridized carbons (Fsp3) is 0.375. The highest BCUT2D eigenvalue weighted by Crippen LogP contribution is 2.29. The smallest absolute Gasteiger partial charge is 0.225 e. The first kappa shape index (κ1) is 13.9. The summed E-state index contributed by atoms with van der Waals surface area (Å²) in [6, 6.07) is 5.94.